The maximum atomic E-state index is 13.5. The highest BCUT2D eigenvalue weighted by atomic mass is 35.5. The van der Waals surface area contributed by atoms with Gasteiger partial charge in [-0.3, -0.25) is 9.69 Å². The zero-order chi connectivity index (χ0) is 27.1. The third-order valence-electron chi connectivity index (χ3n) is 7.28. The summed E-state index contributed by atoms with van der Waals surface area (Å²) in [5, 5.41) is 0.722. The minimum absolute atomic E-state index is 0.135. The van der Waals surface area contributed by atoms with Gasteiger partial charge in [-0.1, -0.05) is 55.8 Å². The molecule has 3 aromatic rings. The van der Waals surface area contributed by atoms with Crippen molar-refractivity contribution in [2.75, 3.05) is 26.7 Å². The molecule has 1 aliphatic rings. The van der Waals surface area contributed by atoms with Gasteiger partial charge in [-0.2, -0.15) is 0 Å². The molecule has 1 atom stereocenters. The highest BCUT2D eigenvalue weighted by Crippen LogP contribution is 2.36. The monoisotopic (exact) mass is 534 g/mol. The number of carbonyl (C=O) groups is 1. The summed E-state index contributed by atoms with van der Waals surface area (Å²) in [5.41, 5.74) is 2.89. The molecule has 38 heavy (non-hydrogen) atoms. The molecule has 1 aliphatic heterocycles. The number of amides is 1. The number of ether oxygens (including phenoxy) is 1. The molecule has 1 fully saturated rings. The van der Waals surface area contributed by atoms with Crippen molar-refractivity contribution in [3.63, 3.8) is 0 Å². The molecule has 6 nitrogen and oxygen atoms in total. The number of aryl methyl sites for hydroxylation is 1. The lowest BCUT2D eigenvalue weighted by Gasteiger charge is -2.43. The van der Waals surface area contributed by atoms with E-state index in [1.807, 2.05) is 67.7 Å². The van der Waals surface area contributed by atoms with Gasteiger partial charge in [-0.15, -0.1) is 0 Å². The quantitative estimate of drug-likeness (QED) is 0.307. The molecule has 1 aromatic heterocycles. The number of hydrogen-bond acceptors (Lipinski definition) is 5. The fourth-order valence-electron chi connectivity index (χ4n) is 5.11. The Bertz CT molecular complexity index is 1200. The average Bonchev–Trinajstić information content (AvgIpc) is 2.90. The number of aromatic nitrogens is 2. The standard InChI is InChI=1S/C31H39ClN4O2/c1-23(2)30-33-17-26(18-34-30)20-36-14-8-13-31(21-36,22-38-27-11-12-28(32)24(3)15-27)16-29(37)35(4)19-25-9-6-5-7-10-25/h5-7,9-12,15,17-18,23H,8,13-14,16,19-22H2,1-4H3/t31-/m1/s1. The van der Waals surface area contributed by atoms with E-state index in [1.54, 1.807) is 0 Å². The fraction of sp³-hybridized carbons (Fsp3) is 0.452. The third-order valence-corrected chi connectivity index (χ3v) is 7.70. The minimum Gasteiger partial charge on any atom is -0.493 e. The van der Waals surface area contributed by atoms with Crippen LogP contribution in [0.25, 0.3) is 0 Å². The first-order valence-corrected chi connectivity index (χ1v) is 13.8. The second kappa shape index (κ2) is 12.7. The lowest BCUT2D eigenvalue weighted by atomic mass is 9.77. The summed E-state index contributed by atoms with van der Waals surface area (Å²) in [6.45, 7) is 9.74. The van der Waals surface area contributed by atoms with Crippen LogP contribution in [0.3, 0.4) is 0 Å². The molecule has 0 spiro atoms. The summed E-state index contributed by atoms with van der Waals surface area (Å²) in [6, 6.07) is 15.9. The van der Waals surface area contributed by atoms with Crippen LogP contribution in [0.15, 0.2) is 60.9 Å². The van der Waals surface area contributed by atoms with Crippen LogP contribution < -0.4 is 4.74 Å². The van der Waals surface area contributed by atoms with Gasteiger partial charge in [0.2, 0.25) is 5.91 Å². The molecule has 4 rings (SSSR count). The zero-order valence-corrected chi connectivity index (χ0v) is 23.7. The van der Waals surface area contributed by atoms with Gasteiger partial charge in [-0.05, 0) is 55.6 Å². The highest BCUT2D eigenvalue weighted by Gasteiger charge is 2.39. The number of likely N-dealkylation sites (tertiary alicyclic amines) is 1. The van der Waals surface area contributed by atoms with Crippen LogP contribution in [0.5, 0.6) is 5.75 Å². The summed E-state index contributed by atoms with van der Waals surface area (Å²) in [4.78, 5) is 26.9. The Morgan fingerprint density at radius 1 is 1.13 bits per heavy atom. The van der Waals surface area contributed by atoms with Gasteiger partial charge in [-0.25, -0.2) is 9.97 Å². The molecule has 1 saturated heterocycles. The van der Waals surface area contributed by atoms with Gasteiger partial charge in [0.15, 0.2) is 0 Å². The first-order valence-electron chi connectivity index (χ1n) is 13.4. The first-order chi connectivity index (χ1) is 18.2. The minimum atomic E-state index is -0.299. The van der Waals surface area contributed by atoms with Crippen molar-refractivity contribution in [2.45, 2.75) is 59.0 Å². The smallest absolute Gasteiger partial charge is 0.223 e. The Labute approximate surface area is 232 Å². The van der Waals surface area contributed by atoms with E-state index in [1.165, 1.54) is 0 Å². The van der Waals surface area contributed by atoms with Crippen molar-refractivity contribution in [1.29, 1.82) is 0 Å². The predicted octanol–water partition coefficient (Wildman–Crippen LogP) is 6.27. The molecular weight excluding hydrogens is 496 g/mol. The SMILES string of the molecule is Cc1cc(OC[C@@]2(CC(=O)N(C)Cc3ccccc3)CCCN(Cc3cnc(C(C)C)nc3)C2)ccc1Cl. The van der Waals surface area contributed by atoms with Crippen LogP contribution in [0, 0.1) is 12.3 Å². The lowest BCUT2D eigenvalue weighted by molar-refractivity contribution is -0.135. The molecule has 0 radical (unpaired) electrons. The Kier molecular flexibility index (Phi) is 9.40. The lowest BCUT2D eigenvalue weighted by Crippen LogP contribution is -2.48. The second-order valence-corrected chi connectivity index (χ2v) is 11.4. The van der Waals surface area contributed by atoms with Gasteiger partial charge >= 0.3 is 0 Å². The van der Waals surface area contributed by atoms with Crippen molar-refractivity contribution in [2.24, 2.45) is 5.41 Å². The van der Waals surface area contributed by atoms with E-state index in [2.05, 4.69) is 40.8 Å². The molecule has 0 aliphatic carbocycles. The third kappa shape index (κ3) is 7.55. The van der Waals surface area contributed by atoms with E-state index >= 15 is 0 Å². The van der Waals surface area contributed by atoms with E-state index in [9.17, 15) is 4.79 Å². The highest BCUT2D eigenvalue weighted by molar-refractivity contribution is 6.31. The molecule has 2 aromatic carbocycles. The van der Waals surface area contributed by atoms with Crippen LogP contribution in [0.1, 0.15) is 61.5 Å². The molecule has 1 amide bonds. The van der Waals surface area contributed by atoms with Gasteiger partial charge in [0.1, 0.15) is 11.6 Å². The van der Waals surface area contributed by atoms with Crippen LogP contribution in [-0.4, -0.2) is 52.4 Å². The fourth-order valence-corrected chi connectivity index (χ4v) is 5.22. The zero-order valence-electron chi connectivity index (χ0n) is 23.0. The van der Waals surface area contributed by atoms with Crippen LogP contribution >= 0.6 is 11.6 Å². The molecule has 7 heteroatoms. The van der Waals surface area contributed by atoms with Crippen molar-refractivity contribution in [3.8, 4) is 5.75 Å². The number of halogens is 1. The van der Waals surface area contributed by atoms with Gasteiger partial charge < -0.3 is 9.64 Å². The molecule has 0 unspecified atom stereocenters. The molecular formula is C31H39ClN4O2. The Balaban J connectivity index is 1.49. The van der Waals surface area contributed by atoms with E-state index in [-0.39, 0.29) is 11.3 Å². The van der Waals surface area contributed by atoms with Gasteiger partial charge in [0.05, 0.1) is 6.61 Å². The van der Waals surface area contributed by atoms with E-state index in [0.29, 0.717) is 25.5 Å². The topological polar surface area (TPSA) is 58.6 Å². The number of carbonyl (C=O) groups excluding carboxylic acids is 1. The van der Waals surface area contributed by atoms with Crippen LogP contribution in [-0.2, 0) is 17.9 Å². The molecule has 2 heterocycles. The summed E-state index contributed by atoms with van der Waals surface area (Å²) in [6.07, 6.45) is 6.24. The predicted molar refractivity (Wildman–Crippen MR) is 152 cm³/mol. The van der Waals surface area contributed by atoms with E-state index in [0.717, 1.165) is 65.8 Å². The van der Waals surface area contributed by atoms with Crippen molar-refractivity contribution in [1.82, 2.24) is 19.8 Å². The van der Waals surface area contributed by atoms with Gasteiger partial charge in [0.25, 0.3) is 0 Å². The Hall–Kier alpha value is -2.96. The van der Waals surface area contributed by atoms with E-state index < -0.39 is 0 Å². The maximum absolute atomic E-state index is 13.5. The van der Waals surface area contributed by atoms with Crippen LogP contribution in [0.4, 0.5) is 0 Å². The molecule has 202 valence electrons. The molecule has 0 saturated carbocycles. The number of hydrogen-bond donors (Lipinski definition) is 0. The summed E-state index contributed by atoms with van der Waals surface area (Å²) >= 11 is 6.23. The van der Waals surface area contributed by atoms with Crippen molar-refractivity contribution < 1.29 is 9.53 Å². The number of piperidine rings is 1. The normalized spacial score (nSPS) is 17.9. The Morgan fingerprint density at radius 3 is 2.55 bits per heavy atom. The van der Waals surface area contributed by atoms with Crippen LogP contribution in [0.2, 0.25) is 5.02 Å². The second-order valence-electron chi connectivity index (χ2n) is 11.0. The van der Waals surface area contributed by atoms with E-state index in [4.69, 9.17) is 16.3 Å². The maximum Gasteiger partial charge on any atom is 0.223 e. The number of nitrogens with zero attached hydrogens (tertiary/aromatic N) is 4. The Morgan fingerprint density at radius 2 is 1.87 bits per heavy atom. The molecule has 0 N–H and O–H groups in total. The number of rotatable bonds is 10. The number of benzene rings is 2. The van der Waals surface area contributed by atoms with Gasteiger partial charge in [0, 0.05) is 67.4 Å². The average molecular weight is 535 g/mol. The first kappa shape index (κ1) is 28.1. The van der Waals surface area contributed by atoms with Crippen molar-refractivity contribution in [3.05, 3.63) is 88.5 Å². The summed E-state index contributed by atoms with van der Waals surface area (Å²) in [5.74, 6) is 2.09. The summed E-state index contributed by atoms with van der Waals surface area (Å²) in [7, 11) is 1.89. The largest absolute Gasteiger partial charge is 0.493 e. The molecule has 0 bridgehead atoms. The summed E-state index contributed by atoms with van der Waals surface area (Å²) < 4.78 is 6.34. The van der Waals surface area contributed by atoms with Crippen molar-refractivity contribution >= 4 is 17.5 Å².